The van der Waals surface area contributed by atoms with Crippen LogP contribution in [0.4, 0.5) is 5.95 Å². The Kier molecular flexibility index (Phi) is 3.16. The van der Waals surface area contributed by atoms with E-state index in [0.717, 1.165) is 12.0 Å². The molecular weight excluding hydrogens is 287 g/mol. The molecule has 1 fully saturated rings. The largest absolute Gasteiger partial charge is 0.295 e. The van der Waals surface area contributed by atoms with E-state index in [1.165, 1.54) is 6.33 Å². The monoisotopic (exact) mass is 296 g/mol. The van der Waals surface area contributed by atoms with E-state index in [2.05, 4.69) is 20.5 Å². The quantitative estimate of drug-likeness (QED) is 0.915. The van der Waals surface area contributed by atoms with Gasteiger partial charge in [0.05, 0.1) is 10.0 Å². The second-order valence-corrected chi connectivity index (χ2v) is 5.26. The summed E-state index contributed by atoms with van der Waals surface area (Å²) >= 11 is 11.8. The molecule has 0 spiro atoms. The Bertz CT molecular complexity index is 614. The number of aromatic nitrogens is 3. The van der Waals surface area contributed by atoms with Gasteiger partial charge in [-0.3, -0.25) is 10.1 Å². The van der Waals surface area contributed by atoms with Crippen molar-refractivity contribution < 1.29 is 4.79 Å². The molecule has 3 rings (SSSR count). The van der Waals surface area contributed by atoms with Gasteiger partial charge in [0.1, 0.15) is 6.33 Å². The first kappa shape index (κ1) is 12.4. The molecule has 2 aromatic rings. The van der Waals surface area contributed by atoms with Gasteiger partial charge in [0.2, 0.25) is 11.9 Å². The van der Waals surface area contributed by atoms with Crippen LogP contribution in [0.3, 0.4) is 0 Å². The van der Waals surface area contributed by atoms with Gasteiger partial charge in [-0.25, -0.2) is 5.10 Å². The summed E-state index contributed by atoms with van der Waals surface area (Å²) in [5.41, 5.74) is 1.03. The number of amides is 1. The molecule has 0 aliphatic heterocycles. The molecule has 0 bridgehead atoms. The number of anilines is 1. The van der Waals surface area contributed by atoms with Crippen molar-refractivity contribution in [1.29, 1.82) is 0 Å². The van der Waals surface area contributed by atoms with Crippen LogP contribution in [0, 0.1) is 5.92 Å². The Morgan fingerprint density at radius 3 is 2.89 bits per heavy atom. The summed E-state index contributed by atoms with van der Waals surface area (Å²) in [5, 5.41) is 9.98. The Morgan fingerprint density at radius 1 is 1.37 bits per heavy atom. The molecule has 98 valence electrons. The lowest BCUT2D eigenvalue weighted by Gasteiger charge is -2.03. The van der Waals surface area contributed by atoms with E-state index in [4.69, 9.17) is 23.2 Å². The Labute approximate surface area is 119 Å². The minimum Gasteiger partial charge on any atom is -0.295 e. The smallest absolute Gasteiger partial charge is 0.230 e. The van der Waals surface area contributed by atoms with Gasteiger partial charge in [-0.2, -0.15) is 10.1 Å². The summed E-state index contributed by atoms with van der Waals surface area (Å²) in [4.78, 5) is 15.8. The molecule has 1 aliphatic carbocycles. The third-order valence-corrected chi connectivity index (χ3v) is 3.89. The van der Waals surface area contributed by atoms with Gasteiger partial charge >= 0.3 is 0 Å². The van der Waals surface area contributed by atoms with Gasteiger partial charge in [0.15, 0.2) is 0 Å². The highest BCUT2D eigenvalue weighted by molar-refractivity contribution is 6.42. The fourth-order valence-electron chi connectivity index (χ4n) is 2.07. The van der Waals surface area contributed by atoms with Crippen molar-refractivity contribution in [1.82, 2.24) is 15.2 Å². The van der Waals surface area contributed by atoms with E-state index in [-0.39, 0.29) is 17.7 Å². The zero-order valence-electron chi connectivity index (χ0n) is 9.73. The molecule has 5 nitrogen and oxygen atoms in total. The first-order chi connectivity index (χ1) is 9.15. The second kappa shape index (κ2) is 4.83. The number of aromatic amines is 1. The SMILES string of the molecule is O=C(Nc1ncn[nH]1)[C@H]1C[C@H]1c1ccc(Cl)c(Cl)c1. The van der Waals surface area contributed by atoms with Gasteiger partial charge in [-0.05, 0) is 30.0 Å². The van der Waals surface area contributed by atoms with Crippen LogP contribution < -0.4 is 5.32 Å². The zero-order chi connectivity index (χ0) is 13.4. The van der Waals surface area contributed by atoms with Crippen LogP contribution in [0.15, 0.2) is 24.5 Å². The van der Waals surface area contributed by atoms with Crippen LogP contribution >= 0.6 is 23.2 Å². The van der Waals surface area contributed by atoms with E-state index in [0.29, 0.717) is 16.0 Å². The maximum Gasteiger partial charge on any atom is 0.230 e. The molecule has 19 heavy (non-hydrogen) atoms. The molecule has 2 atom stereocenters. The minimum absolute atomic E-state index is 0.0534. The Hall–Kier alpha value is -1.59. The predicted octanol–water partition coefficient (Wildman–Crippen LogP) is 2.85. The first-order valence-corrected chi connectivity index (χ1v) is 6.52. The number of halogens is 2. The van der Waals surface area contributed by atoms with Crippen molar-refractivity contribution in [2.24, 2.45) is 5.92 Å². The number of benzene rings is 1. The summed E-state index contributed by atoms with van der Waals surface area (Å²) in [6, 6.07) is 5.47. The molecule has 1 aliphatic rings. The number of nitrogens with one attached hydrogen (secondary N) is 2. The van der Waals surface area contributed by atoms with Crippen LogP contribution in [-0.4, -0.2) is 21.1 Å². The molecule has 1 aromatic carbocycles. The van der Waals surface area contributed by atoms with E-state index in [1.807, 2.05) is 12.1 Å². The Morgan fingerprint density at radius 2 is 2.21 bits per heavy atom. The molecular formula is C12H10Cl2N4O. The lowest BCUT2D eigenvalue weighted by atomic mass is 10.1. The summed E-state index contributed by atoms with van der Waals surface area (Å²) in [7, 11) is 0. The van der Waals surface area contributed by atoms with Gasteiger partial charge in [-0.15, -0.1) is 0 Å². The molecule has 1 aromatic heterocycles. The van der Waals surface area contributed by atoms with Crippen LogP contribution in [0.5, 0.6) is 0 Å². The fourth-order valence-corrected chi connectivity index (χ4v) is 2.38. The molecule has 2 N–H and O–H groups in total. The number of carbonyl (C=O) groups excluding carboxylic acids is 1. The van der Waals surface area contributed by atoms with Crippen LogP contribution in [-0.2, 0) is 4.79 Å². The maximum atomic E-state index is 12.0. The molecule has 0 unspecified atom stereocenters. The van der Waals surface area contributed by atoms with Crippen molar-refractivity contribution in [2.75, 3.05) is 5.32 Å². The van der Waals surface area contributed by atoms with E-state index >= 15 is 0 Å². The predicted molar refractivity (Wildman–Crippen MR) is 72.3 cm³/mol. The summed E-state index contributed by atoms with van der Waals surface area (Å²) < 4.78 is 0. The van der Waals surface area contributed by atoms with Gasteiger partial charge in [0.25, 0.3) is 0 Å². The minimum atomic E-state index is -0.0622. The van der Waals surface area contributed by atoms with Crippen molar-refractivity contribution in [2.45, 2.75) is 12.3 Å². The first-order valence-electron chi connectivity index (χ1n) is 5.76. The third kappa shape index (κ3) is 2.57. The van der Waals surface area contributed by atoms with Gasteiger partial charge < -0.3 is 0 Å². The topological polar surface area (TPSA) is 70.7 Å². The van der Waals surface area contributed by atoms with Crippen molar-refractivity contribution in [3.05, 3.63) is 40.1 Å². The highest BCUT2D eigenvalue weighted by atomic mass is 35.5. The molecule has 1 saturated carbocycles. The number of hydrogen-bond acceptors (Lipinski definition) is 3. The number of carbonyl (C=O) groups is 1. The van der Waals surface area contributed by atoms with Crippen molar-refractivity contribution in [3.63, 3.8) is 0 Å². The Balaban J connectivity index is 1.67. The highest BCUT2D eigenvalue weighted by Gasteiger charge is 2.44. The van der Waals surface area contributed by atoms with Crippen LogP contribution in [0.25, 0.3) is 0 Å². The average molecular weight is 297 g/mol. The molecule has 0 saturated heterocycles. The van der Waals surface area contributed by atoms with Crippen molar-refractivity contribution >= 4 is 35.1 Å². The number of H-pyrrole nitrogens is 1. The zero-order valence-corrected chi connectivity index (χ0v) is 11.2. The lowest BCUT2D eigenvalue weighted by Crippen LogP contribution is -2.15. The van der Waals surface area contributed by atoms with Gasteiger partial charge in [0, 0.05) is 5.92 Å². The van der Waals surface area contributed by atoms with Crippen molar-refractivity contribution in [3.8, 4) is 0 Å². The summed E-state index contributed by atoms with van der Waals surface area (Å²) in [5.74, 6) is 0.442. The fraction of sp³-hybridized carbons (Fsp3) is 0.250. The average Bonchev–Trinajstić information content (AvgIpc) is 3.04. The normalized spacial score (nSPS) is 21.2. The number of hydrogen-bond donors (Lipinski definition) is 2. The molecule has 0 radical (unpaired) electrons. The van der Waals surface area contributed by atoms with Gasteiger partial charge in [-0.1, -0.05) is 29.3 Å². The van der Waals surface area contributed by atoms with Crippen LogP contribution in [0.2, 0.25) is 10.0 Å². The number of rotatable bonds is 3. The summed E-state index contributed by atoms with van der Waals surface area (Å²) in [6.45, 7) is 0. The number of nitrogens with zero attached hydrogens (tertiary/aromatic N) is 2. The lowest BCUT2D eigenvalue weighted by molar-refractivity contribution is -0.117. The van der Waals surface area contributed by atoms with E-state index in [1.54, 1.807) is 6.07 Å². The van der Waals surface area contributed by atoms with E-state index < -0.39 is 0 Å². The molecule has 1 heterocycles. The molecule has 1 amide bonds. The standard InChI is InChI=1S/C12H10Cl2N4O/c13-9-2-1-6(3-10(9)14)7-4-8(7)11(19)17-12-15-5-16-18-12/h1-3,5,7-8H,4H2,(H2,15,16,17,18,19)/t7-,8-/m0/s1. The maximum absolute atomic E-state index is 12.0. The second-order valence-electron chi connectivity index (χ2n) is 4.45. The summed E-state index contributed by atoms with van der Waals surface area (Å²) in [6.07, 6.45) is 2.15. The molecule has 7 heteroatoms. The van der Waals surface area contributed by atoms with Crippen LogP contribution in [0.1, 0.15) is 17.9 Å². The third-order valence-electron chi connectivity index (χ3n) is 3.16. The highest BCUT2D eigenvalue weighted by Crippen LogP contribution is 2.48. The van der Waals surface area contributed by atoms with E-state index in [9.17, 15) is 4.79 Å².